The second-order valence-electron chi connectivity index (χ2n) is 7.64. The van der Waals surface area contributed by atoms with Crippen molar-refractivity contribution in [3.8, 4) is 22.8 Å². The fourth-order valence-electron chi connectivity index (χ4n) is 4.04. The van der Waals surface area contributed by atoms with Crippen molar-refractivity contribution < 1.29 is 9.30 Å². The van der Waals surface area contributed by atoms with Crippen molar-refractivity contribution in [2.24, 2.45) is 7.05 Å². The minimum atomic E-state index is -0.613. The predicted molar refractivity (Wildman–Crippen MR) is 110 cm³/mol. The number of thiophene rings is 1. The highest BCUT2D eigenvalue weighted by atomic mass is 32.1. The van der Waals surface area contributed by atoms with Crippen LogP contribution in [0, 0.1) is 13.5 Å². The summed E-state index contributed by atoms with van der Waals surface area (Å²) in [6.45, 7) is 13.8. The summed E-state index contributed by atoms with van der Waals surface area (Å²) in [5.41, 5.74) is 2.95. The molecule has 1 aliphatic heterocycles. The van der Waals surface area contributed by atoms with Gasteiger partial charge in [0.2, 0.25) is 5.69 Å². The van der Waals surface area contributed by atoms with Crippen LogP contribution in [0.3, 0.4) is 0 Å². The van der Waals surface area contributed by atoms with Crippen molar-refractivity contribution in [2.75, 3.05) is 0 Å². The molecule has 3 heterocycles. The summed E-state index contributed by atoms with van der Waals surface area (Å²) in [7, 11) is 2.08. The fraction of sp³-hybridized carbons (Fsp3) is 0.217. The van der Waals surface area contributed by atoms with Crippen LogP contribution in [-0.4, -0.2) is 0 Å². The highest BCUT2D eigenvalue weighted by Gasteiger charge is 2.40. The molecular weight excluding hydrogens is 352 g/mol. The van der Waals surface area contributed by atoms with Gasteiger partial charge in [-0.05, 0) is 29.3 Å². The molecule has 0 N–H and O–H groups in total. The first-order valence-corrected chi connectivity index (χ1v) is 9.79. The molecule has 1 aliphatic rings. The standard InChI is InChI=1S/C23H19N2OS/c1-13-15-9-7-6-8-14(15)12-16-18(13)20-19-17(10-11-25(20)5)27-22(21(19)26-16)23(2,3)24-4/h6-12H,1-3,5H3/q+1. The average Bonchev–Trinajstić information content (AvgIpc) is 3.04. The average molecular weight is 371 g/mol. The lowest BCUT2D eigenvalue weighted by molar-refractivity contribution is -0.659. The smallest absolute Gasteiger partial charge is 0.264 e. The number of aromatic nitrogens is 1. The van der Waals surface area contributed by atoms with Gasteiger partial charge < -0.3 is 9.58 Å². The largest absolute Gasteiger partial charge is 0.454 e. The van der Waals surface area contributed by atoms with Crippen molar-refractivity contribution in [3.63, 3.8) is 0 Å². The third-order valence-corrected chi connectivity index (χ3v) is 6.94. The number of hydrogen-bond donors (Lipinski definition) is 0. The van der Waals surface area contributed by atoms with Crippen molar-refractivity contribution in [3.05, 3.63) is 64.5 Å². The highest BCUT2D eigenvalue weighted by molar-refractivity contribution is 7.19. The summed E-state index contributed by atoms with van der Waals surface area (Å²) < 4.78 is 9.85. The van der Waals surface area contributed by atoms with Crippen LogP contribution < -0.4 is 9.30 Å². The fourth-order valence-corrected chi connectivity index (χ4v) is 5.21. The Balaban J connectivity index is 1.96. The maximum atomic E-state index is 7.66. The Morgan fingerprint density at radius 2 is 1.96 bits per heavy atom. The van der Waals surface area contributed by atoms with Gasteiger partial charge in [-0.25, -0.2) is 11.1 Å². The number of pyridine rings is 1. The van der Waals surface area contributed by atoms with E-state index in [0.717, 1.165) is 27.3 Å². The molecule has 0 unspecified atom stereocenters. The molecule has 2 aromatic carbocycles. The van der Waals surface area contributed by atoms with Crippen LogP contribution in [0.25, 0.3) is 37.0 Å². The molecule has 0 saturated carbocycles. The van der Waals surface area contributed by atoms with E-state index >= 15 is 0 Å². The molecule has 0 fully saturated rings. The topological polar surface area (TPSA) is 17.5 Å². The molecular formula is C23H19N2OS+. The number of rotatable bonds is 1. The normalized spacial score (nSPS) is 12.7. The molecule has 0 saturated heterocycles. The zero-order valence-corrected chi connectivity index (χ0v) is 16.6. The van der Waals surface area contributed by atoms with Crippen LogP contribution >= 0.6 is 11.3 Å². The van der Waals surface area contributed by atoms with Crippen LogP contribution in [0.5, 0.6) is 11.5 Å². The lowest BCUT2D eigenvalue weighted by atomic mass is 9.92. The Hall–Kier alpha value is -2.90. The van der Waals surface area contributed by atoms with E-state index in [1.165, 1.54) is 26.7 Å². The summed E-state index contributed by atoms with van der Waals surface area (Å²) in [6, 6.07) is 12.7. The molecule has 0 spiro atoms. The number of nitrogens with zero attached hydrogens (tertiary/aromatic N) is 2. The first kappa shape index (κ1) is 16.3. The lowest BCUT2D eigenvalue weighted by Gasteiger charge is -2.21. The van der Waals surface area contributed by atoms with Crippen LogP contribution in [0.15, 0.2) is 42.6 Å². The van der Waals surface area contributed by atoms with Gasteiger partial charge in [-0.3, -0.25) is 0 Å². The van der Waals surface area contributed by atoms with E-state index in [-0.39, 0.29) is 0 Å². The van der Waals surface area contributed by atoms with Crippen LogP contribution in [0.2, 0.25) is 0 Å². The molecule has 0 amide bonds. The van der Waals surface area contributed by atoms with Crippen molar-refractivity contribution in [2.45, 2.75) is 26.3 Å². The number of aryl methyl sites for hydroxylation is 2. The second kappa shape index (κ2) is 5.31. The molecule has 0 radical (unpaired) electrons. The Bertz CT molecular complexity index is 1310. The highest BCUT2D eigenvalue weighted by Crippen LogP contribution is 2.54. The monoisotopic (exact) mass is 371 g/mol. The zero-order valence-electron chi connectivity index (χ0n) is 15.8. The van der Waals surface area contributed by atoms with Gasteiger partial charge in [-0.1, -0.05) is 24.3 Å². The Labute approximate surface area is 162 Å². The summed E-state index contributed by atoms with van der Waals surface area (Å²) in [5, 5.41) is 3.55. The molecule has 0 bridgehead atoms. The van der Waals surface area contributed by atoms with Gasteiger partial charge >= 0.3 is 0 Å². The predicted octanol–water partition coefficient (Wildman–Crippen LogP) is 6.11. The van der Waals surface area contributed by atoms with Gasteiger partial charge in [0.25, 0.3) is 5.54 Å². The number of fused-ring (bicyclic) bond motifs is 3. The molecule has 27 heavy (non-hydrogen) atoms. The molecule has 0 atom stereocenters. The number of ether oxygens (including phenoxy) is 1. The molecule has 4 aromatic rings. The van der Waals surface area contributed by atoms with Gasteiger partial charge in [-0.15, -0.1) is 11.3 Å². The van der Waals surface area contributed by atoms with E-state index in [1.807, 2.05) is 13.8 Å². The minimum Gasteiger partial charge on any atom is -0.454 e. The molecule has 2 aromatic heterocycles. The van der Waals surface area contributed by atoms with Gasteiger partial charge in [-0.2, -0.15) is 0 Å². The van der Waals surface area contributed by atoms with Gasteiger partial charge in [0.15, 0.2) is 11.9 Å². The maximum absolute atomic E-state index is 7.66. The molecule has 4 heteroatoms. The summed E-state index contributed by atoms with van der Waals surface area (Å²) in [5.74, 6) is 1.73. The van der Waals surface area contributed by atoms with Crippen LogP contribution in [0.1, 0.15) is 24.3 Å². The minimum absolute atomic E-state index is 0.613. The number of benzene rings is 2. The summed E-state index contributed by atoms with van der Waals surface area (Å²) in [4.78, 5) is 4.86. The Kier molecular flexibility index (Phi) is 3.20. The summed E-state index contributed by atoms with van der Waals surface area (Å²) >= 11 is 1.67. The first-order chi connectivity index (χ1) is 12.9. The van der Waals surface area contributed by atoms with Crippen LogP contribution in [-0.2, 0) is 12.6 Å². The Morgan fingerprint density at radius 3 is 2.74 bits per heavy atom. The molecule has 0 aliphatic carbocycles. The number of hydrogen-bond acceptors (Lipinski definition) is 2. The van der Waals surface area contributed by atoms with Crippen molar-refractivity contribution in [1.29, 1.82) is 0 Å². The van der Waals surface area contributed by atoms with E-state index in [4.69, 9.17) is 11.3 Å². The van der Waals surface area contributed by atoms with Crippen molar-refractivity contribution >= 4 is 32.2 Å². The maximum Gasteiger partial charge on any atom is 0.264 e. The van der Waals surface area contributed by atoms with E-state index in [9.17, 15) is 0 Å². The van der Waals surface area contributed by atoms with E-state index in [0.29, 0.717) is 0 Å². The van der Waals surface area contributed by atoms with Crippen LogP contribution in [0.4, 0.5) is 0 Å². The first-order valence-electron chi connectivity index (χ1n) is 8.97. The van der Waals surface area contributed by atoms with Gasteiger partial charge in [0, 0.05) is 19.9 Å². The van der Waals surface area contributed by atoms with E-state index in [1.54, 1.807) is 11.3 Å². The third-order valence-electron chi connectivity index (χ3n) is 5.49. The molecule has 132 valence electrons. The SMILES string of the molecule is [C-]#[N+]C(C)(C)c1sc2cc[n+](C)c3c2c1Oc1cc2ccccc2c(C)c1-3. The van der Waals surface area contributed by atoms with E-state index < -0.39 is 5.54 Å². The quantitative estimate of drug-likeness (QED) is 0.256. The third kappa shape index (κ3) is 2.09. The molecule has 3 nitrogen and oxygen atoms in total. The lowest BCUT2D eigenvalue weighted by Crippen LogP contribution is -2.31. The van der Waals surface area contributed by atoms with Crippen molar-refractivity contribution in [1.82, 2.24) is 0 Å². The second-order valence-corrected chi connectivity index (χ2v) is 8.70. The zero-order chi connectivity index (χ0) is 18.9. The Morgan fingerprint density at radius 1 is 1.19 bits per heavy atom. The van der Waals surface area contributed by atoms with E-state index in [2.05, 4.69) is 66.0 Å². The van der Waals surface area contributed by atoms with Gasteiger partial charge in [0.05, 0.1) is 10.3 Å². The van der Waals surface area contributed by atoms with Gasteiger partial charge in [0.1, 0.15) is 23.1 Å². The summed E-state index contributed by atoms with van der Waals surface area (Å²) in [6.07, 6.45) is 2.11. The molecule has 5 rings (SSSR count).